The average molecular weight is 308 g/mol. The Morgan fingerprint density at radius 2 is 2.46 bits per heavy atom. The standard InChI is InChI=1S/C7H5IN2O2S/c8-5-1-4(3-13-5)7-9-6(2-11)10-12-7/h1,3,11H,2H2. The van der Waals surface area contributed by atoms with E-state index in [1.807, 2.05) is 11.4 Å². The molecule has 0 fully saturated rings. The van der Waals surface area contributed by atoms with Gasteiger partial charge in [-0.05, 0) is 28.7 Å². The maximum absolute atomic E-state index is 8.72. The van der Waals surface area contributed by atoms with Gasteiger partial charge in [-0.1, -0.05) is 5.16 Å². The maximum Gasteiger partial charge on any atom is 0.258 e. The zero-order chi connectivity index (χ0) is 9.26. The zero-order valence-corrected chi connectivity index (χ0v) is 9.37. The first-order chi connectivity index (χ1) is 6.29. The van der Waals surface area contributed by atoms with E-state index in [4.69, 9.17) is 9.63 Å². The van der Waals surface area contributed by atoms with Crippen molar-refractivity contribution >= 4 is 33.9 Å². The molecule has 68 valence electrons. The Bertz CT molecular complexity index is 412. The fourth-order valence-corrected chi connectivity index (χ4v) is 2.18. The summed E-state index contributed by atoms with van der Waals surface area (Å²) in [4.78, 5) is 3.99. The molecule has 2 heterocycles. The summed E-state index contributed by atoms with van der Waals surface area (Å²) in [6, 6.07) is 1.96. The van der Waals surface area contributed by atoms with Gasteiger partial charge < -0.3 is 9.63 Å². The molecule has 0 aliphatic carbocycles. The fourth-order valence-electron chi connectivity index (χ4n) is 0.858. The summed E-state index contributed by atoms with van der Waals surface area (Å²) in [6.07, 6.45) is 0. The SMILES string of the molecule is OCc1noc(-c2csc(I)c2)n1. The first-order valence-corrected chi connectivity index (χ1v) is 5.43. The van der Waals surface area contributed by atoms with Crippen LogP contribution in [0.15, 0.2) is 16.0 Å². The molecule has 0 unspecified atom stereocenters. The summed E-state index contributed by atoms with van der Waals surface area (Å²) in [5.74, 6) is 0.777. The summed E-state index contributed by atoms with van der Waals surface area (Å²) in [5, 5.41) is 14.2. The molecule has 4 nitrogen and oxygen atoms in total. The predicted octanol–water partition coefficient (Wildman–Crippen LogP) is 1.89. The molecule has 0 radical (unpaired) electrons. The van der Waals surface area contributed by atoms with Crippen molar-refractivity contribution in [1.82, 2.24) is 10.1 Å². The lowest BCUT2D eigenvalue weighted by atomic mass is 10.3. The van der Waals surface area contributed by atoms with Crippen LogP contribution in [-0.4, -0.2) is 15.2 Å². The summed E-state index contributed by atoms with van der Waals surface area (Å²) in [7, 11) is 0. The van der Waals surface area contributed by atoms with E-state index in [-0.39, 0.29) is 6.61 Å². The van der Waals surface area contributed by atoms with Crippen molar-refractivity contribution in [3.8, 4) is 11.5 Å². The molecule has 0 saturated carbocycles. The highest BCUT2D eigenvalue weighted by molar-refractivity contribution is 14.1. The summed E-state index contributed by atoms with van der Waals surface area (Å²) >= 11 is 3.84. The van der Waals surface area contributed by atoms with Crippen LogP contribution in [0.3, 0.4) is 0 Å². The second-order valence-electron chi connectivity index (χ2n) is 2.31. The van der Waals surface area contributed by atoms with Gasteiger partial charge >= 0.3 is 0 Å². The van der Waals surface area contributed by atoms with Crippen LogP contribution in [0, 0.1) is 2.88 Å². The molecule has 0 aliphatic rings. The Kier molecular flexibility index (Phi) is 2.61. The van der Waals surface area contributed by atoms with Crippen LogP contribution in [-0.2, 0) is 6.61 Å². The molecule has 2 aromatic rings. The molecule has 0 saturated heterocycles. The van der Waals surface area contributed by atoms with E-state index in [2.05, 4.69) is 32.7 Å². The first kappa shape index (κ1) is 9.10. The number of aliphatic hydroxyl groups is 1. The molecule has 13 heavy (non-hydrogen) atoms. The maximum atomic E-state index is 8.72. The van der Waals surface area contributed by atoms with E-state index in [1.54, 1.807) is 11.3 Å². The number of halogens is 1. The molecule has 0 bridgehead atoms. The van der Waals surface area contributed by atoms with Crippen molar-refractivity contribution in [2.24, 2.45) is 0 Å². The Hall–Kier alpha value is -0.470. The van der Waals surface area contributed by atoms with Gasteiger partial charge in [0, 0.05) is 5.38 Å². The summed E-state index contributed by atoms with van der Waals surface area (Å²) in [6.45, 7) is -0.190. The molecule has 2 aromatic heterocycles. The third-order valence-corrected chi connectivity index (χ3v) is 3.21. The van der Waals surface area contributed by atoms with Gasteiger partial charge in [0.05, 0.1) is 8.45 Å². The molecule has 0 atom stereocenters. The average Bonchev–Trinajstić information content (AvgIpc) is 2.71. The molecule has 0 amide bonds. The molecular formula is C7H5IN2O2S. The second kappa shape index (κ2) is 3.72. The summed E-state index contributed by atoms with van der Waals surface area (Å²) < 4.78 is 6.10. The quantitative estimate of drug-likeness (QED) is 0.861. The lowest BCUT2D eigenvalue weighted by Gasteiger charge is -1.82. The topological polar surface area (TPSA) is 59.2 Å². The van der Waals surface area contributed by atoms with Gasteiger partial charge in [0.2, 0.25) is 0 Å². The third kappa shape index (κ3) is 1.89. The van der Waals surface area contributed by atoms with Crippen molar-refractivity contribution in [3.63, 3.8) is 0 Å². The number of nitrogens with zero attached hydrogens (tertiary/aromatic N) is 2. The van der Waals surface area contributed by atoms with Crippen LogP contribution in [0.4, 0.5) is 0 Å². The van der Waals surface area contributed by atoms with Crippen molar-refractivity contribution in [2.75, 3.05) is 0 Å². The Morgan fingerprint density at radius 1 is 1.62 bits per heavy atom. The highest BCUT2D eigenvalue weighted by Gasteiger charge is 2.09. The van der Waals surface area contributed by atoms with Crippen LogP contribution in [0.1, 0.15) is 5.82 Å². The zero-order valence-electron chi connectivity index (χ0n) is 6.40. The number of thiophene rings is 1. The monoisotopic (exact) mass is 308 g/mol. The highest BCUT2D eigenvalue weighted by Crippen LogP contribution is 2.24. The molecule has 0 spiro atoms. The summed E-state index contributed by atoms with van der Waals surface area (Å²) in [5.41, 5.74) is 0.904. The lowest BCUT2D eigenvalue weighted by molar-refractivity contribution is 0.264. The van der Waals surface area contributed by atoms with Crippen LogP contribution in [0.25, 0.3) is 11.5 Å². The van der Waals surface area contributed by atoms with Crippen LogP contribution >= 0.6 is 33.9 Å². The van der Waals surface area contributed by atoms with Crippen molar-refractivity contribution in [1.29, 1.82) is 0 Å². The smallest absolute Gasteiger partial charge is 0.258 e. The van der Waals surface area contributed by atoms with Crippen LogP contribution in [0.2, 0.25) is 0 Å². The minimum atomic E-state index is -0.190. The van der Waals surface area contributed by atoms with Crippen molar-refractivity contribution < 1.29 is 9.63 Å². The van der Waals surface area contributed by atoms with Gasteiger partial charge in [0.15, 0.2) is 5.82 Å². The van der Waals surface area contributed by atoms with E-state index in [0.29, 0.717) is 11.7 Å². The van der Waals surface area contributed by atoms with Crippen LogP contribution < -0.4 is 0 Å². The van der Waals surface area contributed by atoms with E-state index in [0.717, 1.165) is 8.45 Å². The molecular weight excluding hydrogens is 303 g/mol. The van der Waals surface area contributed by atoms with E-state index in [1.165, 1.54) is 0 Å². The van der Waals surface area contributed by atoms with E-state index >= 15 is 0 Å². The minimum absolute atomic E-state index is 0.190. The molecule has 0 aromatic carbocycles. The lowest BCUT2D eigenvalue weighted by Crippen LogP contribution is -1.84. The van der Waals surface area contributed by atoms with Crippen molar-refractivity contribution in [3.05, 3.63) is 20.2 Å². The predicted molar refractivity (Wildman–Crippen MR) is 56.3 cm³/mol. The Labute approximate surface area is 91.7 Å². The second-order valence-corrected chi connectivity index (χ2v) is 5.12. The molecule has 1 N–H and O–H groups in total. The third-order valence-electron chi connectivity index (χ3n) is 1.42. The molecule has 0 aliphatic heterocycles. The van der Waals surface area contributed by atoms with Gasteiger partial charge in [-0.15, -0.1) is 11.3 Å². The largest absolute Gasteiger partial charge is 0.388 e. The van der Waals surface area contributed by atoms with Gasteiger partial charge in [0.1, 0.15) is 6.61 Å². The van der Waals surface area contributed by atoms with E-state index < -0.39 is 0 Å². The van der Waals surface area contributed by atoms with Gasteiger partial charge in [-0.3, -0.25) is 0 Å². The van der Waals surface area contributed by atoms with Crippen molar-refractivity contribution in [2.45, 2.75) is 6.61 Å². The highest BCUT2D eigenvalue weighted by atomic mass is 127. The molecule has 2 rings (SSSR count). The van der Waals surface area contributed by atoms with Crippen LogP contribution in [0.5, 0.6) is 0 Å². The minimum Gasteiger partial charge on any atom is -0.388 e. The Balaban J connectivity index is 2.35. The Morgan fingerprint density at radius 3 is 3.00 bits per heavy atom. The number of rotatable bonds is 2. The number of aromatic nitrogens is 2. The van der Waals surface area contributed by atoms with Gasteiger partial charge in [-0.25, -0.2) is 0 Å². The van der Waals surface area contributed by atoms with Gasteiger partial charge in [-0.2, -0.15) is 4.98 Å². The number of hydrogen-bond acceptors (Lipinski definition) is 5. The fraction of sp³-hybridized carbons (Fsp3) is 0.143. The number of aliphatic hydroxyl groups excluding tert-OH is 1. The number of hydrogen-bond donors (Lipinski definition) is 1. The van der Waals surface area contributed by atoms with E-state index in [9.17, 15) is 0 Å². The molecule has 6 heteroatoms. The van der Waals surface area contributed by atoms with Gasteiger partial charge in [0.25, 0.3) is 5.89 Å². The normalized spacial score (nSPS) is 10.6. The first-order valence-electron chi connectivity index (χ1n) is 3.47.